The molecule has 3 aromatic rings. The lowest BCUT2D eigenvalue weighted by atomic mass is 10.1. The van der Waals surface area contributed by atoms with E-state index in [0.29, 0.717) is 34.4 Å². The second kappa shape index (κ2) is 5.54. The highest BCUT2D eigenvalue weighted by atomic mass is 35.5. The normalized spacial score (nSPS) is 10.8. The Morgan fingerprint density at radius 3 is 2.62 bits per heavy atom. The summed E-state index contributed by atoms with van der Waals surface area (Å²) in [6, 6.07) is 11.3. The van der Waals surface area contributed by atoms with E-state index >= 15 is 0 Å². The lowest BCUT2D eigenvalue weighted by molar-refractivity contribution is 0.424. The highest BCUT2D eigenvalue weighted by Gasteiger charge is 2.10. The van der Waals surface area contributed by atoms with E-state index in [1.165, 1.54) is 12.1 Å². The Balaban J connectivity index is 1.82. The van der Waals surface area contributed by atoms with Gasteiger partial charge in [-0.15, -0.1) is 0 Å². The molecule has 0 aliphatic rings. The maximum atomic E-state index is 12.8. The summed E-state index contributed by atoms with van der Waals surface area (Å²) in [6.45, 7) is 0. The molecule has 2 aromatic carbocycles. The van der Waals surface area contributed by atoms with E-state index in [0.717, 1.165) is 5.56 Å². The lowest BCUT2D eigenvalue weighted by Crippen LogP contribution is -1.91. The Kier molecular flexibility index (Phi) is 3.58. The van der Waals surface area contributed by atoms with Crippen LogP contribution in [-0.4, -0.2) is 10.1 Å². The number of halogens is 2. The van der Waals surface area contributed by atoms with Crippen molar-refractivity contribution in [1.29, 1.82) is 0 Å². The van der Waals surface area contributed by atoms with E-state index in [4.69, 9.17) is 21.9 Å². The molecule has 0 atom stereocenters. The van der Waals surface area contributed by atoms with Gasteiger partial charge in [0, 0.05) is 12.0 Å². The first-order chi connectivity index (χ1) is 10.1. The summed E-state index contributed by atoms with van der Waals surface area (Å²) in [6.07, 6.45) is 0.465. The van der Waals surface area contributed by atoms with Gasteiger partial charge < -0.3 is 10.3 Å². The number of rotatable bonds is 3. The van der Waals surface area contributed by atoms with Crippen molar-refractivity contribution in [3.05, 3.63) is 64.7 Å². The van der Waals surface area contributed by atoms with Gasteiger partial charge in [-0.2, -0.15) is 4.98 Å². The largest absolute Gasteiger partial charge is 0.398 e. The molecule has 3 rings (SSSR count). The van der Waals surface area contributed by atoms with Gasteiger partial charge in [0.15, 0.2) is 5.82 Å². The summed E-state index contributed by atoms with van der Waals surface area (Å²) in [4.78, 5) is 4.30. The standard InChI is InChI=1S/C15H11ClFN3O/c16-12-8-10(3-6-13(12)18)15-19-14(20-21-15)7-9-1-4-11(17)5-2-9/h1-6,8H,7,18H2. The van der Waals surface area contributed by atoms with Crippen LogP contribution in [0, 0.1) is 5.82 Å². The minimum Gasteiger partial charge on any atom is -0.398 e. The number of nitrogens with zero attached hydrogens (tertiary/aromatic N) is 2. The number of hydrogen-bond acceptors (Lipinski definition) is 4. The van der Waals surface area contributed by atoms with E-state index in [1.807, 2.05) is 0 Å². The van der Waals surface area contributed by atoms with Crippen LogP contribution in [0.4, 0.5) is 10.1 Å². The van der Waals surface area contributed by atoms with Crippen LogP contribution in [0.1, 0.15) is 11.4 Å². The van der Waals surface area contributed by atoms with E-state index in [1.54, 1.807) is 30.3 Å². The van der Waals surface area contributed by atoms with Crippen molar-refractivity contribution in [3.63, 3.8) is 0 Å². The molecule has 1 heterocycles. The molecule has 0 saturated heterocycles. The summed E-state index contributed by atoms with van der Waals surface area (Å²) in [5.74, 6) is 0.614. The fourth-order valence-electron chi connectivity index (χ4n) is 1.89. The van der Waals surface area contributed by atoms with Gasteiger partial charge in [-0.1, -0.05) is 28.9 Å². The van der Waals surface area contributed by atoms with Gasteiger partial charge in [-0.25, -0.2) is 4.39 Å². The molecule has 6 heteroatoms. The van der Waals surface area contributed by atoms with Gasteiger partial charge in [-0.3, -0.25) is 0 Å². The first-order valence-corrected chi connectivity index (χ1v) is 6.62. The monoisotopic (exact) mass is 303 g/mol. The van der Waals surface area contributed by atoms with Crippen LogP contribution in [0.25, 0.3) is 11.5 Å². The fourth-order valence-corrected chi connectivity index (χ4v) is 2.07. The SMILES string of the molecule is Nc1ccc(-c2nc(Cc3ccc(F)cc3)no2)cc1Cl. The fraction of sp³-hybridized carbons (Fsp3) is 0.0667. The summed E-state index contributed by atoms with van der Waals surface area (Å²) in [7, 11) is 0. The second-order valence-corrected chi connectivity index (χ2v) is 4.96. The zero-order chi connectivity index (χ0) is 14.8. The molecule has 0 spiro atoms. The Bertz CT molecular complexity index is 771. The van der Waals surface area contributed by atoms with E-state index in [9.17, 15) is 4.39 Å². The van der Waals surface area contributed by atoms with Crippen molar-refractivity contribution in [3.8, 4) is 11.5 Å². The van der Waals surface area contributed by atoms with E-state index < -0.39 is 0 Å². The summed E-state index contributed by atoms with van der Waals surface area (Å²) in [5.41, 5.74) is 7.75. The van der Waals surface area contributed by atoms with Crippen LogP contribution >= 0.6 is 11.6 Å². The molecule has 0 aliphatic heterocycles. The maximum Gasteiger partial charge on any atom is 0.257 e. The molecular formula is C15H11ClFN3O. The predicted octanol–water partition coefficient (Wildman–Crippen LogP) is 3.70. The number of nitrogens with two attached hydrogens (primary N) is 1. The van der Waals surface area contributed by atoms with Crippen LogP contribution in [0.5, 0.6) is 0 Å². The van der Waals surface area contributed by atoms with Crippen molar-refractivity contribution in [2.24, 2.45) is 0 Å². The number of anilines is 1. The van der Waals surface area contributed by atoms with Gasteiger partial charge in [0.2, 0.25) is 0 Å². The van der Waals surface area contributed by atoms with E-state index in [2.05, 4.69) is 10.1 Å². The average molecular weight is 304 g/mol. The molecule has 4 nitrogen and oxygen atoms in total. The Labute approximate surface area is 125 Å². The third-order valence-electron chi connectivity index (χ3n) is 2.99. The van der Waals surface area contributed by atoms with Crippen LogP contribution in [0.15, 0.2) is 47.0 Å². The quantitative estimate of drug-likeness (QED) is 0.749. The smallest absolute Gasteiger partial charge is 0.257 e. The highest BCUT2D eigenvalue weighted by Crippen LogP contribution is 2.26. The van der Waals surface area contributed by atoms with E-state index in [-0.39, 0.29) is 5.82 Å². The molecule has 0 aliphatic carbocycles. The Hall–Kier alpha value is -2.40. The minimum absolute atomic E-state index is 0.274. The molecule has 0 bridgehead atoms. The van der Waals surface area contributed by atoms with Gasteiger partial charge in [0.05, 0.1) is 10.7 Å². The van der Waals surface area contributed by atoms with Gasteiger partial charge in [-0.05, 0) is 35.9 Å². The van der Waals surface area contributed by atoms with Crippen LogP contribution in [-0.2, 0) is 6.42 Å². The topological polar surface area (TPSA) is 64.9 Å². The Morgan fingerprint density at radius 1 is 1.14 bits per heavy atom. The second-order valence-electron chi connectivity index (χ2n) is 4.56. The number of benzene rings is 2. The molecular weight excluding hydrogens is 293 g/mol. The summed E-state index contributed by atoms with van der Waals surface area (Å²) >= 11 is 5.96. The first-order valence-electron chi connectivity index (χ1n) is 6.24. The maximum absolute atomic E-state index is 12.8. The zero-order valence-corrected chi connectivity index (χ0v) is 11.6. The molecule has 2 N–H and O–H groups in total. The third-order valence-corrected chi connectivity index (χ3v) is 3.32. The molecule has 106 valence electrons. The molecule has 0 unspecified atom stereocenters. The number of aromatic nitrogens is 2. The lowest BCUT2D eigenvalue weighted by Gasteiger charge is -1.98. The van der Waals surface area contributed by atoms with Crippen molar-refractivity contribution in [2.45, 2.75) is 6.42 Å². The number of hydrogen-bond donors (Lipinski definition) is 1. The molecule has 0 radical (unpaired) electrons. The van der Waals surface area contributed by atoms with Crippen molar-refractivity contribution >= 4 is 17.3 Å². The molecule has 21 heavy (non-hydrogen) atoms. The van der Waals surface area contributed by atoms with Crippen molar-refractivity contribution < 1.29 is 8.91 Å². The average Bonchev–Trinajstić information content (AvgIpc) is 2.93. The van der Waals surface area contributed by atoms with Crippen LogP contribution in [0.3, 0.4) is 0 Å². The first kappa shape index (κ1) is 13.6. The van der Waals surface area contributed by atoms with Gasteiger partial charge in [0.25, 0.3) is 5.89 Å². The van der Waals surface area contributed by atoms with Crippen molar-refractivity contribution in [1.82, 2.24) is 10.1 Å². The van der Waals surface area contributed by atoms with Gasteiger partial charge in [0.1, 0.15) is 5.82 Å². The minimum atomic E-state index is -0.274. The summed E-state index contributed by atoms with van der Waals surface area (Å²) in [5, 5.41) is 4.34. The predicted molar refractivity (Wildman–Crippen MR) is 78.4 cm³/mol. The Morgan fingerprint density at radius 2 is 1.90 bits per heavy atom. The highest BCUT2D eigenvalue weighted by molar-refractivity contribution is 6.33. The molecule has 0 amide bonds. The number of nitrogen functional groups attached to an aromatic ring is 1. The molecule has 0 saturated carbocycles. The van der Waals surface area contributed by atoms with Gasteiger partial charge >= 0.3 is 0 Å². The van der Waals surface area contributed by atoms with Crippen molar-refractivity contribution in [2.75, 3.05) is 5.73 Å². The third kappa shape index (κ3) is 3.03. The van der Waals surface area contributed by atoms with Crippen LogP contribution in [0.2, 0.25) is 5.02 Å². The molecule has 1 aromatic heterocycles. The summed E-state index contributed by atoms with van der Waals surface area (Å²) < 4.78 is 18.1. The zero-order valence-electron chi connectivity index (χ0n) is 10.9. The molecule has 0 fully saturated rings. The van der Waals surface area contributed by atoms with Crippen LogP contribution < -0.4 is 5.73 Å².